The summed E-state index contributed by atoms with van der Waals surface area (Å²) in [7, 11) is 0. The van der Waals surface area contributed by atoms with Gasteiger partial charge < -0.3 is 23.7 Å². The predicted molar refractivity (Wildman–Crippen MR) is 204 cm³/mol. The van der Waals surface area contributed by atoms with Crippen LogP contribution in [0.25, 0.3) is 11.1 Å². The maximum absolute atomic E-state index is 13.0. The predicted octanol–water partition coefficient (Wildman–Crippen LogP) is 13.3. The normalized spacial score (nSPS) is 11.2. The lowest BCUT2D eigenvalue weighted by atomic mass is 10.0. The highest BCUT2D eigenvalue weighted by Gasteiger charge is 2.31. The van der Waals surface area contributed by atoms with Crippen LogP contribution in [0.4, 0.5) is 13.2 Å². The molecule has 0 amide bonds. The zero-order valence-corrected chi connectivity index (χ0v) is 32.3. The van der Waals surface area contributed by atoms with E-state index in [1.54, 1.807) is 62.4 Å². The zero-order chi connectivity index (χ0) is 39.7. The maximum Gasteiger partial charge on any atom is 0.573 e. The highest BCUT2D eigenvalue weighted by atomic mass is 35.5. The second-order valence-electron chi connectivity index (χ2n) is 12.1. The van der Waals surface area contributed by atoms with Crippen molar-refractivity contribution >= 4 is 58.3 Å². The molecule has 1 aromatic heterocycles. The van der Waals surface area contributed by atoms with Gasteiger partial charge in [0.1, 0.15) is 28.0 Å². The van der Waals surface area contributed by atoms with E-state index in [0.29, 0.717) is 75.5 Å². The number of hydrogen-bond acceptors (Lipinski definition) is 8. The van der Waals surface area contributed by atoms with Gasteiger partial charge in [0.05, 0.1) is 10.7 Å². The number of hydrogen-bond donors (Lipinski definition) is 0. The summed E-state index contributed by atoms with van der Waals surface area (Å²) in [5.41, 5.74) is 2.23. The molecule has 0 aliphatic carbocycles. The second kappa shape index (κ2) is 18.8. The largest absolute Gasteiger partial charge is 0.573 e. The van der Waals surface area contributed by atoms with E-state index < -0.39 is 18.3 Å². The van der Waals surface area contributed by atoms with Gasteiger partial charge in [-0.3, -0.25) is 14.6 Å². The fourth-order valence-corrected chi connectivity index (χ4v) is 6.10. The third-order valence-electron chi connectivity index (χ3n) is 7.85. The summed E-state index contributed by atoms with van der Waals surface area (Å²) in [4.78, 5) is 30.2. The molecule has 288 valence electrons. The van der Waals surface area contributed by atoms with E-state index >= 15 is 0 Å². The summed E-state index contributed by atoms with van der Waals surface area (Å²) in [5.74, 6) is 0.268. The van der Waals surface area contributed by atoms with E-state index in [4.69, 9.17) is 65.4 Å². The van der Waals surface area contributed by atoms with Gasteiger partial charge in [-0.05, 0) is 99.0 Å². The Morgan fingerprint density at radius 3 is 1.76 bits per heavy atom. The van der Waals surface area contributed by atoms with Crippen LogP contribution < -0.4 is 23.7 Å². The van der Waals surface area contributed by atoms with Crippen molar-refractivity contribution in [3.63, 3.8) is 0 Å². The van der Waals surface area contributed by atoms with Crippen molar-refractivity contribution in [3.8, 4) is 51.4 Å². The van der Waals surface area contributed by atoms with Crippen LogP contribution in [0.1, 0.15) is 49.9 Å². The van der Waals surface area contributed by atoms with Gasteiger partial charge in [0.2, 0.25) is 0 Å². The van der Waals surface area contributed by atoms with Crippen LogP contribution in [0.5, 0.6) is 40.2 Å². The molecule has 0 saturated heterocycles. The molecule has 5 aromatic rings. The van der Waals surface area contributed by atoms with Gasteiger partial charge in [-0.25, -0.2) is 0 Å². The van der Waals surface area contributed by atoms with Crippen LogP contribution >= 0.6 is 46.4 Å². The fourth-order valence-electron chi connectivity index (χ4n) is 5.32. The van der Waals surface area contributed by atoms with Gasteiger partial charge in [-0.2, -0.15) is 0 Å². The molecule has 15 heteroatoms. The zero-order valence-electron chi connectivity index (χ0n) is 29.3. The Hall–Kier alpha value is -4.68. The van der Waals surface area contributed by atoms with Gasteiger partial charge >= 0.3 is 18.3 Å². The maximum atomic E-state index is 13.0. The minimum Gasteiger partial charge on any atom is -0.457 e. The third kappa shape index (κ3) is 12.2. The van der Waals surface area contributed by atoms with E-state index in [1.165, 1.54) is 24.3 Å². The first-order chi connectivity index (χ1) is 26.1. The SMILES string of the molecule is Cc1nc(C)c(-c2ccc(Oc3ccc(OC(F)(F)F)cc3)cc2)c(OC(=O)CCCCCCC(=O)Oc2cc(Cl)ccc2Oc2ccc(Cl)cc2Cl)c1Cl. The number of aryl methyl sites for hydroxylation is 2. The highest BCUT2D eigenvalue weighted by molar-refractivity contribution is 6.35. The molecule has 55 heavy (non-hydrogen) atoms. The van der Waals surface area contributed by atoms with Crippen molar-refractivity contribution in [2.24, 2.45) is 0 Å². The number of rotatable bonds is 15. The summed E-state index contributed by atoms with van der Waals surface area (Å²) in [6.07, 6.45) is -2.23. The summed E-state index contributed by atoms with van der Waals surface area (Å²) in [6.45, 7) is 3.48. The monoisotopic (exact) mass is 835 g/mol. The molecule has 4 aromatic carbocycles. The van der Waals surface area contributed by atoms with Crippen LogP contribution in [-0.2, 0) is 9.59 Å². The second-order valence-corrected chi connectivity index (χ2v) is 13.7. The van der Waals surface area contributed by atoms with E-state index in [1.807, 2.05) is 0 Å². The van der Waals surface area contributed by atoms with Crippen molar-refractivity contribution in [3.05, 3.63) is 116 Å². The molecule has 0 aliphatic heterocycles. The number of halogens is 7. The molecule has 1 heterocycles. The molecule has 0 aliphatic rings. The number of carbonyl (C=O) groups is 2. The number of ether oxygens (including phenoxy) is 5. The number of pyridine rings is 1. The number of unbranched alkanes of at least 4 members (excludes halogenated alkanes) is 3. The summed E-state index contributed by atoms with van der Waals surface area (Å²) in [5, 5.41) is 1.27. The lowest BCUT2D eigenvalue weighted by Gasteiger charge is -2.16. The average molecular weight is 838 g/mol. The van der Waals surface area contributed by atoms with Crippen LogP contribution in [0, 0.1) is 13.8 Å². The molecular weight excluding hydrogens is 805 g/mol. The lowest BCUT2D eigenvalue weighted by molar-refractivity contribution is -0.274. The highest BCUT2D eigenvalue weighted by Crippen LogP contribution is 2.41. The molecule has 0 radical (unpaired) electrons. The van der Waals surface area contributed by atoms with Gasteiger partial charge in [0, 0.05) is 40.2 Å². The van der Waals surface area contributed by atoms with Crippen molar-refractivity contribution in [2.75, 3.05) is 0 Å². The van der Waals surface area contributed by atoms with E-state index in [0.717, 1.165) is 12.1 Å². The first-order valence-corrected chi connectivity index (χ1v) is 18.3. The smallest absolute Gasteiger partial charge is 0.457 e. The minimum absolute atomic E-state index is 0.108. The van der Waals surface area contributed by atoms with E-state index in [9.17, 15) is 22.8 Å². The quantitative estimate of drug-likeness (QED) is 0.0585. The van der Waals surface area contributed by atoms with Gasteiger partial charge in [-0.15, -0.1) is 13.2 Å². The molecule has 5 rings (SSSR count). The van der Waals surface area contributed by atoms with Crippen LogP contribution in [0.15, 0.2) is 84.9 Å². The Morgan fingerprint density at radius 2 is 1.16 bits per heavy atom. The minimum atomic E-state index is -4.80. The first kappa shape index (κ1) is 41.5. The Kier molecular flexibility index (Phi) is 14.2. The van der Waals surface area contributed by atoms with Gasteiger partial charge in [0.15, 0.2) is 17.2 Å². The summed E-state index contributed by atoms with van der Waals surface area (Å²) >= 11 is 24.9. The Labute approximate surface area is 334 Å². The number of carbonyl (C=O) groups excluding carboxylic acids is 2. The van der Waals surface area contributed by atoms with Gasteiger partial charge in [-0.1, -0.05) is 71.4 Å². The molecule has 0 atom stereocenters. The average Bonchev–Trinajstić information content (AvgIpc) is 3.11. The van der Waals surface area contributed by atoms with E-state index in [-0.39, 0.29) is 45.9 Å². The van der Waals surface area contributed by atoms with Crippen LogP contribution in [0.2, 0.25) is 20.1 Å². The van der Waals surface area contributed by atoms with Crippen molar-refractivity contribution < 1.29 is 46.4 Å². The molecule has 0 N–H and O–H groups in total. The number of alkyl halides is 3. The molecule has 0 fully saturated rings. The Bertz CT molecular complexity index is 2150. The van der Waals surface area contributed by atoms with E-state index in [2.05, 4.69) is 9.72 Å². The Balaban J connectivity index is 1.11. The van der Waals surface area contributed by atoms with Crippen molar-refractivity contribution in [2.45, 2.75) is 58.7 Å². The topological polar surface area (TPSA) is 93.2 Å². The molecular formula is C40H32Cl4F3NO7. The van der Waals surface area contributed by atoms with Gasteiger partial charge in [0.25, 0.3) is 0 Å². The third-order valence-corrected chi connectivity index (χ3v) is 9.06. The van der Waals surface area contributed by atoms with Crippen LogP contribution in [0.3, 0.4) is 0 Å². The molecule has 0 bridgehead atoms. The first-order valence-electron chi connectivity index (χ1n) is 16.8. The summed E-state index contributed by atoms with van der Waals surface area (Å²) < 4.78 is 64.3. The fraction of sp³-hybridized carbons (Fsp3) is 0.225. The standard InChI is InChI=1S/C40H32Cl4F3NO7/c1-23-37(25-9-13-28(14-10-25)51-29-15-17-30(18-16-29)55-40(45,46)47)39(38(44)24(2)48-23)54-36(50)8-6-4-3-5-7-35(49)53-34-22-27(42)12-20-33(34)52-32-19-11-26(41)21-31(32)43/h9-22H,3-8H2,1-2H3. The number of nitrogens with zero attached hydrogens (tertiary/aromatic N) is 1. The molecule has 8 nitrogen and oxygen atoms in total. The molecule has 0 saturated carbocycles. The Morgan fingerprint density at radius 1 is 0.618 bits per heavy atom. The molecule has 0 unspecified atom stereocenters. The summed E-state index contributed by atoms with van der Waals surface area (Å²) in [6, 6.07) is 21.2. The number of aromatic nitrogens is 1. The number of benzene rings is 4. The van der Waals surface area contributed by atoms with Crippen molar-refractivity contribution in [1.82, 2.24) is 4.98 Å². The van der Waals surface area contributed by atoms with Crippen molar-refractivity contribution in [1.29, 1.82) is 0 Å². The number of esters is 2. The van der Waals surface area contributed by atoms with Crippen LogP contribution in [-0.4, -0.2) is 23.3 Å². The lowest BCUT2D eigenvalue weighted by Crippen LogP contribution is -2.16. The molecule has 0 spiro atoms.